The first-order valence-corrected chi connectivity index (χ1v) is 9.00. The molecule has 0 N–H and O–H groups in total. The van der Waals surface area contributed by atoms with E-state index in [1.165, 1.54) is 57.8 Å². The SMILES string of the molecule is CCCCCC(C1CCCCC1)[SiH](OC)OC. The predicted molar refractivity (Wildman–Crippen MR) is 75.6 cm³/mol. The lowest BCUT2D eigenvalue weighted by Gasteiger charge is -2.33. The van der Waals surface area contributed by atoms with Gasteiger partial charge in [-0.05, 0) is 12.3 Å². The summed E-state index contributed by atoms with van der Waals surface area (Å²) in [5.74, 6) is 0.886. The molecule has 0 aromatic carbocycles. The van der Waals surface area contributed by atoms with Gasteiger partial charge in [0.25, 0.3) is 0 Å². The zero-order valence-corrected chi connectivity index (χ0v) is 13.1. The standard InChI is InChI=1S/C14H30O2Si/c1-4-5-7-12-14(17(15-2)16-3)13-10-8-6-9-11-13/h13-14,17H,4-12H2,1-3H3. The molecule has 1 unspecified atom stereocenters. The van der Waals surface area contributed by atoms with Crippen molar-refractivity contribution in [2.75, 3.05) is 14.2 Å². The molecule has 0 aliphatic heterocycles. The zero-order valence-electron chi connectivity index (χ0n) is 11.9. The van der Waals surface area contributed by atoms with Crippen molar-refractivity contribution in [1.29, 1.82) is 0 Å². The lowest BCUT2D eigenvalue weighted by atomic mass is 9.85. The molecule has 1 aliphatic carbocycles. The van der Waals surface area contributed by atoms with Gasteiger partial charge in [0.15, 0.2) is 0 Å². The molecule has 17 heavy (non-hydrogen) atoms. The summed E-state index contributed by atoms with van der Waals surface area (Å²) in [7, 11) is 2.26. The molecule has 0 aromatic rings. The van der Waals surface area contributed by atoms with Crippen LogP contribution in [0.4, 0.5) is 0 Å². The van der Waals surface area contributed by atoms with Gasteiger partial charge in [0, 0.05) is 19.8 Å². The summed E-state index contributed by atoms with van der Waals surface area (Å²) in [5, 5.41) is 0. The van der Waals surface area contributed by atoms with Crippen LogP contribution in [0.25, 0.3) is 0 Å². The first-order valence-electron chi connectivity index (χ1n) is 7.39. The van der Waals surface area contributed by atoms with E-state index in [4.69, 9.17) is 8.85 Å². The fraction of sp³-hybridized carbons (Fsp3) is 1.00. The lowest BCUT2D eigenvalue weighted by Crippen LogP contribution is -2.32. The number of unbranched alkanes of at least 4 members (excludes halogenated alkanes) is 2. The summed E-state index contributed by atoms with van der Waals surface area (Å²) in [6.07, 6.45) is 12.4. The minimum absolute atomic E-state index is 0.747. The molecule has 0 saturated heterocycles. The molecule has 0 aromatic heterocycles. The van der Waals surface area contributed by atoms with Gasteiger partial charge in [-0.1, -0.05) is 58.3 Å². The summed E-state index contributed by atoms with van der Waals surface area (Å²) in [5.41, 5.74) is 0.747. The van der Waals surface area contributed by atoms with Crippen LogP contribution >= 0.6 is 0 Å². The van der Waals surface area contributed by atoms with E-state index in [0.29, 0.717) is 0 Å². The number of hydrogen-bond acceptors (Lipinski definition) is 2. The second-order valence-corrected chi connectivity index (χ2v) is 7.93. The van der Waals surface area contributed by atoms with Gasteiger partial charge in [0.05, 0.1) is 0 Å². The third-order valence-electron chi connectivity index (χ3n) is 4.21. The van der Waals surface area contributed by atoms with Crippen molar-refractivity contribution in [3.63, 3.8) is 0 Å². The van der Waals surface area contributed by atoms with Crippen molar-refractivity contribution in [3.8, 4) is 0 Å². The van der Waals surface area contributed by atoms with Gasteiger partial charge < -0.3 is 8.85 Å². The first kappa shape index (κ1) is 15.2. The molecule has 1 atom stereocenters. The van der Waals surface area contributed by atoms with E-state index in [2.05, 4.69) is 6.92 Å². The van der Waals surface area contributed by atoms with E-state index in [0.717, 1.165) is 11.5 Å². The number of rotatable bonds is 8. The van der Waals surface area contributed by atoms with Crippen LogP contribution in [-0.2, 0) is 8.85 Å². The zero-order chi connectivity index (χ0) is 12.5. The molecule has 0 radical (unpaired) electrons. The normalized spacial score (nSPS) is 19.8. The fourth-order valence-electron chi connectivity index (χ4n) is 3.23. The van der Waals surface area contributed by atoms with E-state index >= 15 is 0 Å². The fourth-order valence-corrected chi connectivity index (χ4v) is 5.46. The van der Waals surface area contributed by atoms with Crippen molar-refractivity contribution in [3.05, 3.63) is 0 Å². The Kier molecular flexibility index (Phi) is 8.15. The van der Waals surface area contributed by atoms with Crippen LogP contribution in [0.15, 0.2) is 0 Å². The first-order chi connectivity index (χ1) is 8.33. The molecule has 102 valence electrons. The Hall–Kier alpha value is 0.137. The Morgan fingerprint density at radius 1 is 1.06 bits per heavy atom. The highest BCUT2D eigenvalue weighted by Gasteiger charge is 2.32. The van der Waals surface area contributed by atoms with Crippen LogP contribution in [0.1, 0.15) is 64.7 Å². The Balaban J connectivity index is 2.49. The Morgan fingerprint density at radius 2 is 1.71 bits per heavy atom. The molecule has 0 amide bonds. The van der Waals surface area contributed by atoms with Gasteiger partial charge in [-0.2, -0.15) is 0 Å². The predicted octanol–water partition coefficient (Wildman–Crippen LogP) is 4.03. The van der Waals surface area contributed by atoms with Gasteiger partial charge in [-0.25, -0.2) is 0 Å². The maximum absolute atomic E-state index is 5.66. The monoisotopic (exact) mass is 258 g/mol. The van der Waals surface area contributed by atoms with Crippen molar-refractivity contribution >= 4 is 9.28 Å². The second kappa shape index (κ2) is 9.12. The van der Waals surface area contributed by atoms with Crippen molar-refractivity contribution < 1.29 is 8.85 Å². The molecule has 0 spiro atoms. The maximum Gasteiger partial charge on any atom is 0.324 e. The van der Waals surface area contributed by atoms with Crippen LogP contribution in [0.3, 0.4) is 0 Å². The summed E-state index contributed by atoms with van der Waals surface area (Å²) in [6.45, 7) is 2.27. The molecule has 1 fully saturated rings. The van der Waals surface area contributed by atoms with Crippen molar-refractivity contribution in [1.82, 2.24) is 0 Å². The quantitative estimate of drug-likeness (QED) is 0.483. The van der Waals surface area contributed by atoms with Gasteiger partial charge in [-0.15, -0.1) is 0 Å². The average Bonchev–Trinajstić information content (AvgIpc) is 2.39. The van der Waals surface area contributed by atoms with E-state index in [1.807, 2.05) is 14.2 Å². The van der Waals surface area contributed by atoms with Crippen LogP contribution in [-0.4, -0.2) is 23.5 Å². The summed E-state index contributed by atoms with van der Waals surface area (Å²) < 4.78 is 11.3. The van der Waals surface area contributed by atoms with Crippen LogP contribution in [0.2, 0.25) is 5.54 Å². The highest BCUT2D eigenvalue weighted by Crippen LogP contribution is 2.38. The van der Waals surface area contributed by atoms with E-state index in [1.54, 1.807) is 0 Å². The molecule has 2 nitrogen and oxygen atoms in total. The second-order valence-electron chi connectivity index (χ2n) is 5.40. The van der Waals surface area contributed by atoms with Crippen LogP contribution in [0.5, 0.6) is 0 Å². The molecule has 1 saturated carbocycles. The van der Waals surface area contributed by atoms with Gasteiger partial charge >= 0.3 is 9.28 Å². The van der Waals surface area contributed by atoms with Gasteiger partial charge in [0.1, 0.15) is 0 Å². The number of hydrogen-bond donors (Lipinski definition) is 0. The topological polar surface area (TPSA) is 18.5 Å². The highest BCUT2D eigenvalue weighted by atomic mass is 28.3. The Bertz CT molecular complexity index is 177. The molecular formula is C14H30O2Si. The minimum Gasteiger partial charge on any atom is -0.400 e. The van der Waals surface area contributed by atoms with Crippen molar-refractivity contribution in [2.45, 2.75) is 70.3 Å². The Morgan fingerprint density at radius 3 is 2.24 bits per heavy atom. The van der Waals surface area contributed by atoms with E-state index < -0.39 is 9.28 Å². The molecule has 0 bridgehead atoms. The molecule has 1 aliphatic rings. The lowest BCUT2D eigenvalue weighted by molar-refractivity contribution is 0.225. The van der Waals surface area contributed by atoms with Crippen LogP contribution < -0.4 is 0 Å². The maximum atomic E-state index is 5.66. The smallest absolute Gasteiger partial charge is 0.324 e. The molecular weight excluding hydrogens is 228 g/mol. The van der Waals surface area contributed by atoms with Crippen LogP contribution in [0, 0.1) is 5.92 Å². The summed E-state index contributed by atoms with van der Waals surface area (Å²) in [6, 6.07) is 0. The van der Waals surface area contributed by atoms with E-state index in [9.17, 15) is 0 Å². The Labute approximate surface area is 109 Å². The average molecular weight is 258 g/mol. The largest absolute Gasteiger partial charge is 0.400 e. The summed E-state index contributed by atoms with van der Waals surface area (Å²) in [4.78, 5) is 0. The van der Waals surface area contributed by atoms with E-state index in [-0.39, 0.29) is 0 Å². The van der Waals surface area contributed by atoms with Gasteiger partial charge in [-0.3, -0.25) is 0 Å². The minimum atomic E-state index is -1.42. The molecule has 3 heteroatoms. The third-order valence-corrected chi connectivity index (χ3v) is 6.72. The summed E-state index contributed by atoms with van der Waals surface area (Å²) >= 11 is 0. The highest BCUT2D eigenvalue weighted by molar-refractivity contribution is 6.46. The van der Waals surface area contributed by atoms with Gasteiger partial charge in [0.2, 0.25) is 0 Å². The third kappa shape index (κ3) is 5.10. The molecule has 0 heterocycles. The molecule has 1 rings (SSSR count). The van der Waals surface area contributed by atoms with Crippen molar-refractivity contribution in [2.24, 2.45) is 5.92 Å².